The highest BCUT2D eigenvalue weighted by Gasteiger charge is 2.10. The van der Waals surface area contributed by atoms with Crippen molar-refractivity contribution >= 4 is 12.4 Å². The van der Waals surface area contributed by atoms with Crippen molar-refractivity contribution in [2.24, 2.45) is 5.73 Å². The van der Waals surface area contributed by atoms with Crippen LogP contribution < -0.4 is 15.2 Å². The molecule has 0 saturated carbocycles. The van der Waals surface area contributed by atoms with Gasteiger partial charge in [-0.3, -0.25) is 0 Å². The molecule has 0 heterocycles. The third-order valence-electron chi connectivity index (χ3n) is 3.05. The average molecular weight is 310 g/mol. The minimum Gasteiger partial charge on any atom is -0.493 e. The Hall–Kier alpha value is -1.75. The van der Waals surface area contributed by atoms with Gasteiger partial charge in [-0.25, -0.2) is 0 Å². The molecule has 0 unspecified atom stereocenters. The monoisotopic (exact) mass is 309 g/mol. The van der Waals surface area contributed by atoms with E-state index >= 15 is 0 Å². The highest BCUT2D eigenvalue weighted by atomic mass is 35.5. The molecule has 0 aliphatic heterocycles. The van der Waals surface area contributed by atoms with Crippen LogP contribution in [0.25, 0.3) is 0 Å². The van der Waals surface area contributed by atoms with Crippen LogP contribution in [-0.4, -0.2) is 18.8 Å². The predicted molar refractivity (Wildman–Crippen MR) is 85.0 cm³/mol. The summed E-state index contributed by atoms with van der Waals surface area (Å²) in [5.74, 6) is 1.27. The van der Waals surface area contributed by atoms with Crippen molar-refractivity contribution in [2.45, 2.75) is 12.6 Å². The van der Waals surface area contributed by atoms with E-state index in [1.54, 1.807) is 13.2 Å². The van der Waals surface area contributed by atoms with Crippen molar-refractivity contribution < 1.29 is 14.6 Å². The molecule has 2 aromatic carbocycles. The summed E-state index contributed by atoms with van der Waals surface area (Å²) in [6, 6.07) is 14.9. The fourth-order valence-electron chi connectivity index (χ4n) is 1.88. The van der Waals surface area contributed by atoms with Crippen LogP contribution in [0.5, 0.6) is 11.5 Å². The lowest BCUT2D eigenvalue weighted by atomic mass is 10.1. The Morgan fingerprint density at radius 3 is 2.43 bits per heavy atom. The number of rotatable bonds is 6. The van der Waals surface area contributed by atoms with E-state index in [9.17, 15) is 0 Å². The van der Waals surface area contributed by atoms with Crippen LogP contribution in [0.2, 0.25) is 0 Å². The van der Waals surface area contributed by atoms with Gasteiger partial charge in [-0.05, 0) is 23.3 Å². The molecule has 3 N–H and O–H groups in total. The summed E-state index contributed by atoms with van der Waals surface area (Å²) >= 11 is 0. The van der Waals surface area contributed by atoms with Crippen molar-refractivity contribution in [3.8, 4) is 11.5 Å². The van der Waals surface area contributed by atoms with Crippen molar-refractivity contribution in [1.82, 2.24) is 0 Å². The minimum atomic E-state index is -0.417. The van der Waals surface area contributed by atoms with Crippen LogP contribution in [0.3, 0.4) is 0 Å². The summed E-state index contributed by atoms with van der Waals surface area (Å²) in [6.07, 6.45) is 0. The standard InChI is InChI=1S/C16H19NO3.ClH/c1-19-15-8-7-13(14(17)10-18)9-16(15)20-11-12-5-3-2-4-6-12;/h2-9,14,18H,10-11,17H2,1H3;1H/t14-;/m1./s1. The molecule has 4 nitrogen and oxygen atoms in total. The number of halogens is 1. The normalized spacial score (nSPS) is 11.4. The molecule has 2 aromatic rings. The van der Waals surface area contributed by atoms with Gasteiger partial charge in [-0.15, -0.1) is 12.4 Å². The van der Waals surface area contributed by atoms with Crippen molar-refractivity contribution in [2.75, 3.05) is 13.7 Å². The smallest absolute Gasteiger partial charge is 0.161 e. The van der Waals surface area contributed by atoms with Gasteiger partial charge < -0.3 is 20.3 Å². The first kappa shape index (κ1) is 17.3. The molecule has 114 valence electrons. The van der Waals surface area contributed by atoms with E-state index in [0.717, 1.165) is 11.1 Å². The van der Waals surface area contributed by atoms with Gasteiger partial charge in [0.1, 0.15) is 6.61 Å². The van der Waals surface area contributed by atoms with E-state index in [1.807, 2.05) is 42.5 Å². The lowest BCUT2D eigenvalue weighted by molar-refractivity contribution is 0.265. The molecule has 1 atom stereocenters. The Labute approximate surface area is 130 Å². The summed E-state index contributed by atoms with van der Waals surface area (Å²) in [5, 5.41) is 9.12. The first-order valence-corrected chi connectivity index (χ1v) is 6.45. The maximum Gasteiger partial charge on any atom is 0.161 e. The number of nitrogens with two attached hydrogens (primary N) is 1. The average Bonchev–Trinajstić information content (AvgIpc) is 2.52. The van der Waals surface area contributed by atoms with E-state index in [-0.39, 0.29) is 19.0 Å². The molecule has 0 aliphatic rings. The summed E-state index contributed by atoms with van der Waals surface area (Å²) in [4.78, 5) is 0. The number of benzene rings is 2. The number of aliphatic hydroxyl groups excluding tert-OH is 1. The number of hydrogen-bond donors (Lipinski definition) is 2. The predicted octanol–water partition coefficient (Wildman–Crippen LogP) is 2.69. The number of hydrogen-bond acceptors (Lipinski definition) is 4. The third-order valence-corrected chi connectivity index (χ3v) is 3.05. The van der Waals surface area contributed by atoms with Crippen LogP contribution in [0.15, 0.2) is 48.5 Å². The molecular formula is C16H20ClNO3. The summed E-state index contributed by atoms with van der Waals surface area (Å²) in [5.41, 5.74) is 7.71. The Morgan fingerprint density at radius 1 is 1.10 bits per heavy atom. The molecule has 2 rings (SSSR count). The maximum absolute atomic E-state index is 9.12. The molecule has 0 fully saturated rings. The second-order valence-corrected chi connectivity index (χ2v) is 4.47. The fourth-order valence-corrected chi connectivity index (χ4v) is 1.88. The third kappa shape index (κ3) is 4.63. The molecule has 0 radical (unpaired) electrons. The van der Waals surface area contributed by atoms with E-state index in [4.69, 9.17) is 20.3 Å². The fraction of sp³-hybridized carbons (Fsp3) is 0.250. The molecule has 0 bridgehead atoms. The largest absolute Gasteiger partial charge is 0.493 e. The maximum atomic E-state index is 9.12. The topological polar surface area (TPSA) is 64.7 Å². The van der Waals surface area contributed by atoms with Crippen LogP contribution in [0, 0.1) is 0 Å². The Balaban J connectivity index is 0.00000220. The van der Waals surface area contributed by atoms with E-state index < -0.39 is 6.04 Å². The zero-order valence-corrected chi connectivity index (χ0v) is 12.7. The van der Waals surface area contributed by atoms with E-state index in [2.05, 4.69) is 0 Å². The second-order valence-electron chi connectivity index (χ2n) is 4.47. The van der Waals surface area contributed by atoms with Crippen LogP contribution >= 0.6 is 12.4 Å². The molecule has 21 heavy (non-hydrogen) atoms. The lowest BCUT2D eigenvalue weighted by Crippen LogP contribution is -2.14. The van der Waals surface area contributed by atoms with Gasteiger partial charge in [0.15, 0.2) is 11.5 Å². The van der Waals surface area contributed by atoms with Crippen LogP contribution in [0.4, 0.5) is 0 Å². The number of aliphatic hydroxyl groups is 1. The van der Waals surface area contributed by atoms with E-state index in [1.165, 1.54) is 0 Å². The number of methoxy groups -OCH3 is 1. The van der Waals surface area contributed by atoms with Crippen molar-refractivity contribution in [1.29, 1.82) is 0 Å². The Bertz CT molecular complexity index is 548. The molecule has 0 aromatic heterocycles. The van der Waals surface area contributed by atoms with Crippen LogP contribution in [0.1, 0.15) is 17.2 Å². The van der Waals surface area contributed by atoms with Gasteiger partial charge in [-0.1, -0.05) is 36.4 Å². The summed E-state index contributed by atoms with van der Waals surface area (Å²) in [6.45, 7) is 0.347. The van der Waals surface area contributed by atoms with E-state index in [0.29, 0.717) is 18.1 Å². The Kier molecular flexibility index (Phi) is 7.02. The van der Waals surface area contributed by atoms with Gasteiger partial charge in [-0.2, -0.15) is 0 Å². The summed E-state index contributed by atoms with van der Waals surface area (Å²) < 4.78 is 11.1. The summed E-state index contributed by atoms with van der Waals surface area (Å²) in [7, 11) is 1.59. The van der Waals surface area contributed by atoms with Gasteiger partial charge in [0, 0.05) is 0 Å². The molecule has 5 heteroatoms. The highest BCUT2D eigenvalue weighted by Crippen LogP contribution is 2.30. The van der Waals surface area contributed by atoms with Gasteiger partial charge >= 0.3 is 0 Å². The molecule has 0 saturated heterocycles. The zero-order chi connectivity index (χ0) is 14.4. The molecule has 0 aliphatic carbocycles. The van der Waals surface area contributed by atoms with Gasteiger partial charge in [0.2, 0.25) is 0 Å². The molecule has 0 spiro atoms. The van der Waals surface area contributed by atoms with Crippen molar-refractivity contribution in [3.05, 3.63) is 59.7 Å². The number of ether oxygens (including phenoxy) is 2. The SMILES string of the molecule is COc1ccc([C@H](N)CO)cc1OCc1ccccc1.Cl. The quantitative estimate of drug-likeness (QED) is 0.861. The van der Waals surface area contributed by atoms with Gasteiger partial charge in [0.25, 0.3) is 0 Å². The lowest BCUT2D eigenvalue weighted by Gasteiger charge is -2.14. The molecule has 0 amide bonds. The Morgan fingerprint density at radius 2 is 1.81 bits per heavy atom. The zero-order valence-electron chi connectivity index (χ0n) is 11.9. The second kappa shape index (κ2) is 8.52. The first-order valence-electron chi connectivity index (χ1n) is 6.45. The van der Waals surface area contributed by atoms with Crippen LogP contribution in [-0.2, 0) is 6.61 Å². The first-order chi connectivity index (χ1) is 9.74. The van der Waals surface area contributed by atoms with Crippen molar-refractivity contribution in [3.63, 3.8) is 0 Å². The van der Waals surface area contributed by atoms with Gasteiger partial charge in [0.05, 0.1) is 19.8 Å². The molecular weight excluding hydrogens is 290 g/mol. The minimum absolute atomic E-state index is 0. The highest BCUT2D eigenvalue weighted by molar-refractivity contribution is 5.85.